The van der Waals surface area contributed by atoms with Crippen LogP contribution in [0.5, 0.6) is 11.5 Å². The van der Waals surface area contributed by atoms with Gasteiger partial charge in [-0.3, -0.25) is 10.1 Å². The third-order valence-electron chi connectivity index (χ3n) is 4.73. The lowest BCUT2D eigenvalue weighted by Crippen LogP contribution is -2.05. The van der Waals surface area contributed by atoms with Crippen molar-refractivity contribution >= 4 is 28.7 Å². The fraction of sp³-hybridized carbons (Fsp3) is 0.0833. The normalized spacial score (nSPS) is 10.4. The van der Waals surface area contributed by atoms with Gasteiger partial charge in [0.15, 0.2) is 0 Å². The number of hydrogen-bond acceptors (Lipinski definition) is 7. The van der Waals surface area contributed by atoms with Crippen molar-refractivity contribution in [1.29, 1.82) is 0 Å². The summed E-state index contributed by atoms with van der Waals surface area (Å²) in [6.45, 7) is 2.07. The molecular formula is C24H21N5O3. The summed E-state index contributed by atoms with van der Waals surface area (Å²) >= 11 is 0. The topological polar surface area (TPSA) is 102 Å². The highest BCUT2D eigenvalue weighted by Gasteiger charge is 2.23. The summed E-state index contributed by atoms with van der Waals surface area (Å²) in [6.07, 6.45) is 2.20. The fourth-order valence-electron chi connectivity index (χ4n) is 3.06. The molecule has 1 heterocycles. The van der Waals surface area contributed by atoms with Crippen molar-refractivity contribution in [1.82, 2.24) is 9.97 Å². The Bertz CT molecular complexity index is 1200. The minimum absolute atomic E-state index is 0.0920. The van der Waals surface area contributed by atoms with Gasteiger partial charge in [-0.25, -0.2) is 9.97 Å². The molecule has 1 aromatic heterocycles. The molecule has 0 unspecified atom stereocenters. The molecule has 0 radical (unpaired) electrons. The average Bonchev–Trinajstić information content (AvgIpc) is 2.81. The van der Waals surface area contributed by atoms with Crippen LogP contribution < -0.4 is 15.4 Å². The first-order valence-electron chi connectivity index (χ1n) is 10.1. The summed E-state index contributed by atoms with van der Waals surface area (Å²) in [6, 6.07) is 24.2. The molecule has 2 N–H and O–H groups in total. The van der Waals surface area contributed by atoms with E-state index in [1.807, 2.05) is 54.6 Å². The minimum atomic E-state index is -0.502. The van der Waals surface area contributed by atoms with Gasteiger partial charge < -0.3 is 15.4 Å². The second-order valence-electron chi connectivity index (χ2n) is 6.92. The molecule has 0 fully saturated rings. The van der Waals surface area contributed by atoms with E-state index in [0.29, 0.717) is 17.1 Å². The number of hydrogen-bond donors (Lipinski definition) is 2. The summed E-state index contributed by atoms with van der Waals surface area (Å²) in [5.74, 6) is 1.58. The van der Waals surface area contributed by atoms with Crippen molar-refractivity contribution in [2.24, 2.45) is 0 Å². The zero-order valence-electron chi connectivity index (χ0n) is 17.4. The smallest absolute Gasteiger partial charge is 0.353 e. The van der Waals surface area contributed by atoms with Crippen LogP contribution in [0.25, 0.3) is 0 Å². The number of rotatable bonds is 8. The molecule has 0 saturated heterocycles. The molecule has 0 amide bonds. The number of ether oxygens (including phenoxy) is 1. The second kappa shape index (κ2) is 9.57. The van der Waals surface area contributed by atoms with Crippen LogP contribution in [-0.2, 0) is 6.42 Å². The quantitative estimate of drug-likeness (QED) is 0.254. The number of para-hydroxylation sites is 1. The van der Waals surface area contributed by atoms with Gasteiger partial charge in [0.05, 0.1) is 4.92 Å². The molecule has 0 aliphatic heterocycles. The molecule has 8 nitrogen and oxygen atoms in total. The largest absolute Gasteiger partial charge is 0.457 e. The lowest BCUT2D eigenvalue weighted by molar-refractivity contribution is -0.383. The lowest BCUT2D eigenvalue weighted by Gasteiger charge is -2.11. The van der Waals surface area contributed by atoms with Gasteiger partial charge in [0, 0.05) is 11.4 Å². The number of nitrogens with zero attached hydrogens (tertiary/aromatic N) is 3. The van der Waals surface area contributed by atoms with E-state index in [2.05, 4.69) is 27.5 Å². The number of benzene rings is 3. The predicted octanol–water partition coefficient (Wildman–Crippen LogP) is 6.23. The average molecular weight is 427 g/mol. The first-order chi connectivity index (χ1) is 15.6. The Hall–Kier alpha value is -4.46. The standard InChI is InChI=1S/C24H21N5O3/c1-2-17-8-10-18(11-9-17)27-23-22(29(30)31)24(26-16-25-23)28-19-12-14-21(15-13-19)32-20-6-4-3-5-7-20/h3-16H,2H2,1H3,(H2,25,26,27,28). The molecule has 0 spiro atoms. The maximum atomic E-state index is 11.8. The monoisotopic (exact) mass is 427 g/mol. The van der Waals surface area contributed by atoms with Crippen LogP contribution >= 0.6 is 0 Å². The van der Waals surface area contributed by atoms with Gasteiger partial charge >= 0.3 is 5.69 Å². The zero-order chi connectivity index (χ0) is 22.3. The molecule has 8 heteroatoms. The van der Waals surface area contributed by atoms with Crippen LogP contribution in [0, 0.1) is 10.1 Å². The van der Waals surface area contributed by atoms with E-state index in [-0.39, 0.29) is 17.3 Å². The van der Waals surface area contributed by atoms with Crippen molar-refractivity contribution < 1.29 is 9.66 Å². The molecule has 3 aromatic carbocycles. The van der Waals surface area contributed by atoms with Crippen molar-refractivity contribution in [2.75, 3.05) is 10.6 Å². The molecule has 0 bridgehead atoms. The molecule has 0 aliphatic carbocycles. The molecule has 0 aliphatic rings. The van der Waals surface area contributed by atoms with E-state index in [0.717, 1.165) is 12.2 Å². The lowest BCUT2D eigenvalue weighted by atomic mass is 10.1. The number of aromatic nitrogens is 2. The highest BCUT2D eigenvalue weighted by Crippen LogP contribution is 2.33. The Labute approximate surface area is 185 Å². The van der Waals surface area contributed by atoms with E-state index >= 15 is 0 Å². The Kier molecular flexibility index (Phi) is 6.22. The third-order valence-corrected chi connectivity index (χ3v) is 4.73. The maximum absolute atomic E-state index is 11.8. The zero-order valence-corrected chi connectivity index (χ0v) is 17.4. The number of nitro groups is 1. The van der Waals surface area contributed by atoms with E-state index in [4.69, 9.17) is 4.74 Å². The fourth-order valence-corrected chi connectivity index (χ4v) is 3.06. The Balaban J connectivity index is 1.54. The SMILES string of the molecule is CCc1ccc(Nc2ncnc(Nc3ccc(Oc4ccccc4)cc3)c2[N+](=O)[O-])cc1. The van der Waals surface area contributed by atoms with Crippen LogP contribution in [0.15, 0.2) is 85.2 Å². The Morgan fingerprint density at radius 1 is 0.812 bits per heavy atom. The van der Waals surface area contributed by atoms with E-state index in [1.165, 1.54) is 11.9 Å². The second-order valence-corrected chi connectivity index (χ2v) is 6.92. The van der Waals surface area contributed by atoms with Crippen LogP contribution in [0.2, 0.25) is 0 Å². The van der Waals surface area contributed by atoms with E-state index in [9.17, 15) is 10.1 Å². The van der Waals surface area contributed by atoms with Crippen LogP contribution in [-0.4, -0.2) is 14.9 Å². The van der Waals surface area contributed by atoms with Crippen molar-refractivity contribution in [2.45, 2.75) is 13.3 Å². The summed E-state index contributed by atoms with van der Waals surface area (Å²) in [5.41, 5.74) is 2.27. The van der Waals surface area contributed by atoms with Gasteiger partial charge in [0.1, 0.15) is 17.8 Å². The molecule has 0 saturated carbocycles. The molecule has 4 rings (SSSR count). The summed E-state index contributed by atoms with van der Waals surface area (Å²) in [7, 11) is 0. The van der Waals surface area contributed by atoms with Crippen molar-refractivity contribution in [3.8, 4) is 11.5 Å². The van der Waals surface area contributed by atoms with Gasteiger partial charge in [0.25, 0.3) is 0 Å². The molecule has 160 valence electrons. The van der Waals surface area contributed by atoms with E-state index < -0.39 is 4.92 Å². The minimum Gasteiger partial charge on any atom is -0.457 e. The molecular weight excluding hydrogens is 406 g/mol. The van der Waals surface area contributed by atoms with E-state index in [1.54, 1.807) is 24.3 Å². The third kappa shape index (κ3) is 4.99. The van der Waals surface area contributed by atoms with Crippen molar-refractivity contribution in [3.05, 3.63) is 101 Å². The maximum Gasteiger partial charge on any atom is 0.353 e. The number of anilines is 4. The molecule has 32 heavy (non-hydrogen) atoms. The number of nitrogens with one attached hydrogen (secondary N) is 2. The van der Waals surface area contributed by atoms with Gasteiger partial charge in [-0.1, -0.05) is 37.3 Å². The van der Waals surface area contributed by atoms with Gasteiger partial charge in [0.2, 0.25) is 11.6 Å². The summed E-state index contributed by atoms with van der Waals surface area (Å²) in [5, 5.41) is 17.8. The van der Waals surface area contributed by atoms with Gasteiger partial charge in [-0.2, -0.15) is 0 Å². The Morgan fingerprint density at radius 3 is 1.88 bits per heavy atom. The summed E-state index contributed by atoms with van der Waals surface area (Å²) in [4.78, 5) is 19.5. The van der Waals surface area contributed by atoms with Crippen LogP contribution in [0.1, 0.15) is 12.5 Å². The summed E-state index contributed by atoms with van der Waals surface area (Å²) < 4.78 is 5.78. The first-order valence-corrected chi connectivity index (χ1v) is 10.1. The number of aryl methyl sites for hydroxylation is 1. The van der Waals surface area contributed by atoms with Gasteiger partial charge in [-0.05, 0) is 60.5 Å². The van der Waals surface area contributed by atoms with Crippen molar-refractivity contribution in [3.63, 3.8) is 0 Å². The van der Waals surface area contributed by atoms with Crippen LogP contribution in [0.4, 0.5) is 28.7 Å². The predicted molar refractivity (Wildman–Crippen MR) is 124 cm³/mol. The first kappa shape index (κ1) is 20.8. The van der Waals surface area contributed by atoms with Crippen LogP contribution in [0.3, 0.4) is 0 Å². The highest BCUT2D eigenvalue weighted by atomic mass is 16.6. The Morgan fingerprint density at radius 2 is 1.34 bits per heavy atom. The molecule has 4 aromatic rings. The van der Waals surface area contributed by atoms with Gasteiger partial charge in [-0.15, -0.1) is 0 Å². The molecule has 0 atom stereocenters. The highest BCUT2D eigenvalue weighted by molar-refractivity contribution is 5.76.